The topological polar surface area (TPSA) is 46.3 Å². The monoisotopic (exact) mass is 440 g/mol. The van der Waals surface area contributed by atoms with Crippen LogP contribution < -0.4 is 5.73 Å². The SMILES string of the molecule is CCc1ccsc1C(=O)N1CCC(c2cccc(CN)c2)CC1.Cl.c1cc2cc-2c1. The van der Waals surface area contributed by atoms with Crippen LogP contribution in [0.4, 0.5) is 0 Å². The van der Waals surface area contributed by atoms with Crippen molar-refractivity contribution >= 4 is 29.7 Å². The molecule has 1 aromatic heterocycles. The molecule has 1 aliphatic heterocycles. The summed E-state index contributed by atoms with van der Waals surface area (Å²) in [6, 6.07) is 19.1. The molecule has 5 rings (SSSR count). The minimum Gasteiger partial charge on any atom is -0.338 e. The van der Waals surface area contributed by atoms with Crippen molar-refractivity contribution < 1.29 is 4.79 Å². The van der Waals surface area contributed by atoms with E-state index in [0.717, 1.165) is 37.2 Å². The summed E-state index contributed by atoms with van der Waals surface area (Å²) in [6.45, 7) is 4.38. The largest absolute Gasteiger partial charge is 0.338 e. The van der Waals surface area contributed by atoms with Crippen LogP contribution in [0.15, 0.2) is 60.0 Å². The van der Waals surface area contributed by atoms with Gasteiger partial charge in [0, 0.05) is 19.6 Å². The summed E-state index contributed by atoms with van der Waals surface area (Å²) in [4.78, 5) is 15.7. The first-order chi connectivity index (χ1) is 14.2. The number of aryl methyl sites for hydroxylation is 1. The Kier molecular flexibility index (Phi) is 7.70. The van der Waals surface area contributed by atoms with E-state index in [4.69, 9.17) is 5.73 Å². The first-order valence-corrected chi connectivity index (χ1v) is 11.3. The Morgan fingerprint density at radius 2 is 1.77 bits per heavy atom. The molecule has 2 N–H and O–H groups in total. The molecule has 1 amide bonds. The minimum absolute atomic E-state index is 0. The molecule has 0 atom stereocenters. The highest BCUT2D eigenvalue weighted by Crippen LogP contribution is 2.33. The van der Waals surface area contributed by atoms with Gasteiger partial charge in [-0.15, -0.1) is 23.7 Å². The molecule has 3 aliphatic rings. The van der Waals surface area contributed by atoms with Gasteiger partial charge in [0.15, 0.2) is 0 Å². The standard InChI is InChI=1S/C19H24N2OS.C6H4.ClH/c1-2-15-8-11-23-18(15)19(22)21-9-6-16(7-10-21)17-5-3-4-14(12-17)13-20;1-2-5-4-6(5)3-1;/h3-5,8,11-12,16H,2,6-7,9-10,13,20H2,1H3;1-4H;1H. The summed E-state index contributed by atoms with van der Waals surface area (Å²) < 4.78 is 0. The summed E-state index contributed by atoms with van der Waals surface area (Å²) in [7, 11) is 0. The quantitative estimate of drug-likeness (QED) is 0.430. The number of hydrogen-bond donors (Lipinski definition) is 1. The molecule has 0 radical (unpaired) electrons. The lowest BCUT2D eigenvalue weighted by atomic mass is 9.88. The Morgan fingerprint density at radius 1 is 1.07 bits per heavy atom. The van der Waals surface area contributed by atoms with Gasteiger partial charge in [-0.05, 0) is 70.5 Å². The van der Waals surface area contributed by atoms with E-state index in [1.165, 1.54) is 27.8 Å². The number of rotatable bonds is 4. The lowest BCUT2D eigenvalue weighted by Crippen LogP contribution is -2.37. The van der Waals surface area contributed by atoms with Crippen LogP contribution in [0, 0.1) is 0 Å². The van der Waals surface area contributed by atoms with E-state index < -0.39 is 0 Å². The van der Waals surface area contributed by atoms with Crippen LogP contribution in [-0.2, 0) is 13.0 Å². The molecular formula is C25H29ClN2OS. The van der Waals surface area contributed by atoms with Gasteiger partial charge in [0.05, 0.1) is 4.88 Å². The van der Waals surface area contributed by atoms with E-state index >= 15 is 0 Å². The first kappa shape index (κ1) is 22.5. The number of halogens is 1. The number of amides is 1. The number of fused-ring (bicyclic) bond motifs is 1. The van der Waals surface area contributed by atoms with Crippen molar-refractivity contribution in [2.75, 3.05) is 13.1 Å². The number of likely N-dealkylation sites (tertiary alicyclic amines) is 1. The third-order valence-electron chi connectivity index (χ3n) is 5.87. The molecule has 30 heavy (non-hydrogen) atoms. The Morgan fingerprint density at radius 3 is 2.33 bits per heavy atom. The average Bonchev–Trinajstić information content (AvgIpc) is 3.17. The van der Waals surface area contributed by atoms with E-state index in [1.807, 2.05) is 10.3 Å². The maximum Gasteiger partial charge on any atom is 0.264 e. The van der Waals surface area contributed by atoms with E-state index in [0.29, 0.717) is 12.5 Å². The Hall–Kier alpha value is -2.14. The predicted octanol–water partition coefficient (Wildman–Crippen LogP) is 5.88. The smallest absolute Gasteiger partial charge is 0.264 e. The fourth-order valence-electron chi connectivity index (χ4n) is 4.01. The van der Waals surface area contributed by atoms with Gasteiger partial charge in [0.1, 0.15) is 0 Å². The number of carbonyl (C=O) groups is 1. The third kappa shape index (κ3) is 5.12. The van der Waals surface area contributed by atoms with E-state index in [-0.39, 0.29) is 18.3 Å². The van der Waals surface area contributed by atoms with Gasteiger partial charge in [-0.25, -0.2) is 0 Å². The van der Waals surface area contributed by atoms with Crippen LogP contribution in [-0.4, -0.2) is 23.9 Å². The van der Waals surface area contributed by atoms with Gasteiger partial charge >= 0.3 is 0 Å². The van der Waals surface area contributed by atoms with Gasteiger partial charge < -0.3 is 10.6 Å². The molecule has 1 fully saturated rings. The fraction of sp³-hybridized carbons (Fsp3) is 0.320. The van der Waals surface area contributed by atoms with Crippen LogP contribution in [0.5, 0.6) is 0 Å². The number of hydrogen-bond acceptors (Lipinski definition) is 3. The molecule has 1 saturated heterocycles. The predicted molar refractivity (Wildman–Crippen MR) is 129 cm³/mol. The minimum atomic E-state index is 0. The molecule has 0 spiro atoms. The highest BCUT2D eigenvalue weighted by atomic mass is 35.5. The Bertz CT molecular complexity index is 975. The Labute approximate surface area is 189 Å². The molecule has 0 saturated carbocycles. The number of thiophene rings is 1. The first-order valence-electron chi connectivity index (χ1n) is 10.4. The lowest BCUT2D eigenvalue weighted by molar-refractivity contribution is 0.0717. The van der Waals surface area contributed by atoms with Gasteiger partial charge in [-0.3, -0.25) is 4.79 Å². The number of nitrogens with two attached hydrogens (primary N) is 1. The van der Waals surface area contributed by atoms with Crippen molar-refractivity contribution in [3.63, 3.8) is 0 Å². The molecule has 2 aliphatic carbocycles. The van der Waals surface area contributed by atoms with E-state index in [9.17, 15) is 4.79 Å². The number of nitrogens with zero attached hydrogens (tertiary/aromatic N) is 1. The maximum atomic E-state index is 12.7. The molecule has 1 aromatic carbocycles. The van der Waals surface area contributed by atoms with Crippen molar-refractivity contribution in [1.82, 2.24) is 4.90 Å². The second kappa shape index (κ2) is 10.3. The van der Waals surface area contributed by atoms with Gasteiger partial charge in [0.2, 0.25) is 0 Å². The molecule has 2 heterocycles. The van der Waals surface area contributed by atoms with Crippen molar-refractivity contribution in [2.45, 2.75) is 38.6 Å². The summed E-state index contributed by atoms with van der Waals surface area (Å²) >= 11 is 1.57. The van der Waals surface area contributed by atoms with Crippen LogP contribution in [0.3, 0.4) is 0 Å². The molecule has 3 nitrogen and oxygen atoms in total. The van der Waals surface area contributed by atoms with Crippen LogP contribution in [0.1, 0.15) is 52.0 Å². The average molecular weight is 441 g/mol. The van der Waals surface area contributed by atoms with E-state index in [2.05, 4.69) is 61.5 Å². The third-order valence-corrected chi connectivity index (χ3v) is 6.82. The highest BCUT2D eigenvalue weighted by Gasteiger charge is 2.26. The molecule has 5 heteroatoms. The normalized spacial score (nSPS) is 14.4. The van der Waals surface area contributed by atoms with Crippen molar-refractivity contribution in [2.24, 2.45) is 5.73 Å². The van der Waals surface area contributed by atoms with Crippen molar-refractivity contribution in [1.29, 1.82) is 0 Å². The summed E-state index contributed by atoms with van der Waals surface area (Å²) in [5, 5.41) is 2.02. The lowest BCUT2D eigenvalue weighted by Gasteiger charge is -2.32. The molecular weight excluding hydrogens is 412 g/mol. The van der Waals surface area contributed by atoms with Crippen LogP contribution in [0.25, 0.3) is 11.1 Å². The van der Waals surface area contributed by atoms with Crippen LogP contribution >= 0.6 is 23.7 Å². The number of piperidine rings is 1. The van der Waals surface area contributed by atoms with Gasteiger partial charge in [-0.2, -0.15) is 0 Å². The number of carbonyl (C=O) groups excluding carboxylic acids is 1. The van der Waals surface area contributed by atoms with Crippen LogP contribution in [0.2, 0.25) is 0 Å². The Balaban J connectivity index is 0.000000309. The zero-order chi connectivity index (χ0) is 20.2. The number of benzene rings is 2. The summed E-state index contributed by atoms with van der Waals surface area (Å²) in [5.41, 5.74) is 12.3. The second-order valence-corrected chi connectivity index (χ2v) is 8.64. The zero-order valence-corrected chi connectivity index (χ0v) is 19.0. The summed E-state index contributed by atoms with van der Waals surface area (Å²) in [6.07, 6.45) is 2.99. The zero-order valence-electron chi connectivity index (χ0n) is 17.3. The molecule has 0 unspecified atom stereocenters. The second-order valence-electron chi connectivity index (χ2n) is 7.72. The maximum absolute atomic E-state index is 12.7. The van der Waals surface area contributed by atoms with Gasteiger partial charge in [0.25, 0.3) is 5.91 Å². The van der Waals surface area contributed by atoms with Crippen molar-refractivity contribution in [3.8, 4) is 11.1 Å². The van der Waals surface area contributed by atoms with Crippen molar-refractivity contribution in [3.05, 3.63) is 81.5 Å². The molecule has 158 valence electrons. The van der Waals surface area contributed by atoms with E-state index in [1.54, 1.807) is 11.3 Å². The molecule has 2 aromatic rings. The van der Waals surface area contributed by atoms with Gasteiger partial charge in [-0.1, -0.05) is 49.4 Å². The summed E-state index contributed by atoms with van der Waals surface area (Å²) in [5.74, 6) is 0.755. The highest BCUT2D eigenvalue weighted by molar-refractivity contribution is 7.12. The molecule has 0 bridgehead atoms. The fourth-order valence-corrected chi connectivity index (χ4v) is 4.97.